The van der Waals surface area contributed by atoms with Gasteiger partial charge >= 0.3 is 0 Å². The minimum Gasteiger partial charge on any atom is -0.507 e. The Morgan fingerprint density at radius 2 is 1.85 bits per heavy atom. The number of methoxy groups -OCH3 is 1. The second-order valence-electron chi connectivity index (χ2n) is 4.49. The number of carbonyl (C=O) groups is 1. The van der Waals surface area contributed by atoms with Gasteiger partial charge in [-0.2, -0.15) is 0 Å². The van der Waals surface area contributed by atoms with Gasteiger partial charge in [0.15, 0.2) is 5.78 Å². The van der Waals surface area contributed by atoms with Crippen LogP contribution in [0.1, 0.15) is 21.5 Å². The number of hydrogen-bond acceptors (Lipinski definition) is 3. The third-order valence-corrected chi connectivity index (χ3v) is 2.96. The molecule has 0 saturated heterocycles. The van der Waals surface area contributed by atoms with Crippen LogP contribution in [0.2, 0.25) is 0 Å². The first kappa shape index (κ1) is 13.9. The van der Waals surface area contributed by atoms with E-state index in [0.717, 1.165) is 16.9 Å². The number of hydrogen-bond donors (Lipinski definition) is 1. The molecule has 0 aliphatic rings. The maximum Gasteiger partial charge on any atom is 0.189 e. The van der Waals surface area contributed by atoms with Crippen LogP contribution in [0.4, 0.5) is 0 Å². The van der Waals surface area contributed by atoms with Crippen LogP contribution in [0.3, 0.4) is 0 Å². The third-order valence-electron chi connectivity index (χ3n) is 2.96. The highest BCUT2D eigenvalue weighted by molar-refractivity contribution is 6.08. The molecule has 3 heteroatoms. The summed E-state index contributed by atoms with van der Waals surface area (Å²) in [6.45, 7) is 1.86. The second-order valence-corrected chi connectivity index (χ2v) is 4.49. The molecule has 20 heavy (non-hydrogen) atoms. The smallest absolute Gasteiger partial charge is 0.189 e. The van der Waals surface area contributed by atoms with Crippen LogP contribution < -0.4 is 4.74 Å². The van der Waals surface area contributed by atoms with Crippen molar-refractivity contribution in [1.29, 1.82) is 0 Å². The Labute approximate surface area is 118 Å². The first-order valence-corrected chi connectivity index (χ1v) is 6.26. The van der Waals surface area contributed by atoms with E-state index >= 15 is 0 Å². The van der Waals surface area contributed by atoms with Gasteiger partial charge in [-0.3, -0.25) is 4.79 Å². The van der Waals surface area contributed by atoms with Gasteiger partial charge in [0.25, 0.3) is 0 Å². The van der Waals surface area contributed by atoms with E-state index in [1.807, 2.05) is 31.2 Å². The van der Waals surface area contributed by atoms with Crippen molar-refractivity contribution in [3.8, 4) is 11.5 Å². The van der Waals surface area contributed by atoms with Crippen molar-refractivity contribution >= 4 is 11.9 Å². The SMILES string of the molecule is COc1ccc(/C=C/C(=O)c2ccc(C)cc2O)cc1. The lowest BCUT2D eigenvalue weighted by Crippen LogP contribution is -1.95. The summed E-state index contributed by atoms with van der Waals surface area (Å²) in [5.74, 6) is 0.553. The number of phenols is 1. The summed E-state index contributed by atoms with van der Waals surface area (Å²) in [5, 5.41) is 9.76. The number of phenolic OH excluding ortho intramolecular Hbond substituents is 1. The van der Waals surface area contributed by atoms with Gasteiger partial charge in [-0.05, 0) is 48.4 Å². The number of rotatable bonds is 4. The van der Waals surface area contributed by atoms with Crippen molar-refractivity contribution in [3.63, 3.8) is 0 Å². The molecule has 0 spiro atoms. The van der Waals surface area contributed by atoms with Crippen molar-refractivity contribution in [3.05, 3.63) is 65.2 Å². The lowest BCUT2D eigenvalue weighted by atomic mass is 10.1. The average Bonchev–Trinajstić information content (AvgIpc) is 2.45. The van der Waals surface area contributed by atoms with Crippen molar-refractivity contribution in [1.82, 2.24) is 0 Å². The molecule has 0 atom stereocenters. The third kappa shape index (κ3) is 3.26. The number of ketones is 1. The Bertz CT molecular complexity index is 640. The molecule has 2 aromatic rings. The highest BCUT2D eigenvalue weighted by Crippen LogP contribution is 2.20. The molecule has 3 nitrogen and oxygen atoms in total. The number of ether oxygens (including phenoxy) is 1. The molecule has 2 aromatic carbocycles. The molecule has 0 saturated carbocycles. The van der Waals surface area contributed by atoms with Crippen LogP contribution in [-0.4, -0.2) is 18.0 Å². The number of aromatic hydroxyl groups is 1. The summed E-state index contributed by atoms with van der Waals surface area (Å²) >= 11 is 0. The average molecular weight is 268 g/mol. The summed E-state index contributed by atoms with van der Waals surface area (Å²) in [7, 11) is 1.61. The van der Waals surface area contributed by atoms with Gasteiger partial charge in [0.05, 0.1) is 12.7 Å². The maximum atomic E-state index is 12.0. The van der Waals surface area contributed by atoms with Crippen LogP contribution in [0.25, 0.3) is 6.08 Å². The molecule has 102 valence electrons. The minimum absolute atomic E-state index is 0.00869. The largest absolute Gasteiger partial charge is 0.507 e. The van der Waals surface area contributed by atoms with Crippen LogP contribution in [0.5, 0.6) is 11.5 Å². The zero-order chi connectivity index (χ0) is 14.5. The van der Waals surface area contributed by atoms with Gasteiger partial charge in [-0.1, -0.05) is 24.3 Å². The summed E-state index contributed by atoms with van der Waals surface area (Å²) in [6, 6.07) is 12.4. The lowest BCUT2D eigenvalue weighted by Gasteiger charge is -2.02. The number of benzene rings is 2. The van der Waals surface area contributed by atoms with E-state index in [1.54, 1.807) is 31.4 Å². The Morgan fingerprint density at radius 1 is 1.15 bits per heavy atom. The van der Waals surface area contributed by atoms with Crippen molar-refractivity contribution in [2.24, 2.45) is 0 Å². The molecular formula is C17H16O3. The highest BCUT2D eigenvalue weighted by atomic mass is 16.5. The topological polar surface area (TPSA) is 46.5 Å². The van der Waals surface area contributed by atoms with E-state index in [9.17, 15) is 9.90 Å². The summed E-state index contributed by atoms with van der Waals surface area (Å²) in [6.07, 6.45) is 3.16. The lowest BCUT2D eigenvalue weighted by molar-refractivity contribution is 0.104. The van der Waals surface area contributed by atoms with Crippen molar-refractivity contribution in [2.45, 2.75) is 6.92 Å². The monoisotopic (exact) mass is 268 g/mol. The van der Waals surface area contributed by atoms with Gasteiger partial charge in [0.2, 0.25) is 0 Å². The predicted octanol–water partition coefficient (Wildman–Crippen LogP) is 3.61. The minimum atomic E-state index is -0.224. The second kappa shape index (κ2) is 6.06. The molecule has 0 aromatic heterocycles. The number of carbonyl (C=O) groups excluding carboxylic acids is 1. The Morgan fingerprint density at radius 3 is 2.45 bits per heavy atom. The van der Waals surface area contributed by atoms with Crippen LogP contribution in [-0.2, 0) is 0 Å². The molecule has 0 heterocycles. The Balaban J connectivity index is 2.15. The van der Waals surface area contributed by atoms with Crippen molar-refractivity contribution in [2.75, 3.05) is 7.11 Å². The molecule has 2 rings (SSSR count). The standard InChI is InChI=1S/C17H16O3/c1-12-3-9-15(17(19)11-12)16(18)10-6-13-4-7-14(20-2)8-5-13/h3-11,19H,1-2H3/b10-6+. The van der Waals surface area contributed by atoms with E-state index in [-0.39, 0.29) is 11.5 Å². The first-order valence-electron chi connectivity index (χ1n) is 6.26. The van der Waals surface area contributed by atoms with E-state index in [4.69, 9.17) is 4.74 Å². The molecule has 0 radical (unpaired) electrons. The van der Waals surface area contributed by atoms with E-state index in [0.29, 0.717) is 5.56 Å². The quantitative estimate of drug-likeness (QED) is 0.680. The number of aryl methyl sites for hydroxylation is 1. The normalized spacial score (nSPS) is 10.7. The van der Waals surface area contributed by atoms with Gasteiger partial charge in [0.1, 0.15) is 11.5 Å². The molecular weight excluding hydrogens is 252 g/mol. The fourth-order valence-electron chi connectivity index (χ4n) is 1.83. The molecule has 1 N–H and O–H groups in total. The highest BCUT2D eigenvalue weighted by Gasteiger charge is 2.07. The molecule has 0 fully saturated rings. The van der Waals surface area contributed by atoms with Crippen LogP contribution in [0.15, 0.2) is 48.5 Å². The predicted molar refractivity (Wildman–Crippen MR) is 79.2 cm³/mol. The maximum absolute atomic E-state index is 12.0. The first-order chi connectivity index (χ1) is 9.60. The molecule has 0 bridgehead atoms. The molecule has 0 aliphatic carbocycles. The van der Waals surface area contributed by atoms with E-state index in [1.165, 1.54) is 6.08 Å². The summed E-state index contributed by atoms with van der Waals surface area (Å²) in [4.78, 5) is 12.0. The molecule has 0 unspecified atom stereocenters. The van der Waals surface area contributed by atoms with Crippen LogP contribution in [0, 0.1) is 6.92 Å². The Kier molecular flexibility index (Phi) is 4.20. The summed E-state index contributed by atoms with van der Waals surface area (Å²) < 4.78 is 5.07. The van der Waals surface area contributed by atoms with E-state index in [2.05, 4.69) is 0 Å². The molecule has 0 amide bonds. The van der Waals surface area contributed by atoms with Gasteiger partial charge in [-0.15, -0.1) is 0 Å². The van der Waals surface area contributed by atoms with Gasteiger partial charge in [-0.25, -0.2) is 0 Å². The van der Waals surface area contributed by atoms with Crippen LogP contribution >= 0.6 is 0 Å². The fourth-order valence-corrected chi connectivity index (χ4v) is 1.83. The number of allylic oxidation sites excluding steroid dienone is 1. The summed E-state index contributed by atoms with van der Waals surface area (Å²) in [5.41, 5.74) is 2.12. The van der Waals surface area contributed by atoms with Crippen molar-refractivity contribution < 1.29 is 14.6 Å². The van der Waals surface area contributed by atoms with Gasteiger partial charge in [0, 0.05) is 0 Å². The Hall–Kier alpha value is -2.55. The zero-order valence-electron chi connectivity index (χ0n) is 11.5. The zero-order valence-corrected chi connectivity index (χ0v) is 11.5. The molecule has 0 aliphatic heterocycles. The fraction of sp³-hybridized carbons (Fsp3) is 0.118. The van der Waals surface area contributed by atoms with Gasteiger partial charge < -0.3 is 9.84 Å². The van der Waals surface area contributed by atoms with E-state index < -0.39 is 0 Å².